The molecule has 2 atom stereocenters. The molecule has 1 aliphatic rings. The van der Waals surface area contributed by atoms with Gasteiger partial charge in [0.1, 0.15) is 5.75 Å². The number of aliphatic imine (C=N–C) groups is 1. The standard InChI is InChI=1S/C30H21Cl4N3O4/c1-40-18-14-22(33)25(23(34)15-18)27(19-12-11-17(31)13-21(19)32)41-30(39)37-28-29(38)35-24-10-6-5-9-20(24)26(36-28)16-7-3-2-4-8-16/h2-15,27-28H,1H3,(H,35,38)(H,37,39)/t27-,28+/m0/s1. The average Bonchev–Trinajstić information content (AvgIpc) is 3.08. The van der Waals surface area contributed by atoms with Crippen molar-refractivity contribution in [3.63, 3.8) is 0 Å². The smallest absolute Gasteiger partial charge is 0.410 e. The molecule has 0 radical (unpaired) electrons. The zero-order valence-electron chi connectivity index (χ0n) is 21.3. The first kappa shape index (κ1) is 28.8. The number of ether oxygens (including phenoxy) is 2. The maximum atomic E-state index is 13.4. The molecular formula is C30H21Cl4N3O4. The highest BCUT2D eigenvalue weighted by Crippen LogP contribution is 2.42. The number of fused-ring (bicyclic) bond motifs is 1. The highest BCUT2D eigenvalue weighted by molar-refractivity contribution is 6.37. The fraction of sp³-hybridized carbons (Fsp3) is 0.100. The molecule has 1 heterocycles. The first-order chi connectivity index (χ1) is 19.7. The zero-order chi connectivity index (χ0) is 29.1. The number of carbonyl (C=O) groups excluding carboxylic acids is 2. The lowest BCUT2D eigenvalue weighted by atomic mass is 10.0. The molecule has 1 aliphatic heterocycles. The first-order valence-corrected chi connectivity index (χ1v) is 13.7. The van der Waals surface area contributed by atoms with E-state index in [0.717, 1.165) is 5.56 Å². The van der Waals surface area contributed by atoms with Crippen molar-refractivity contribution in [2.24, 2.45) is 4.99 Å². The van der Waals surface area contributed by atoms with Gasteiger partial charge in [-0.05, 0) is 30.3 Å². The number of alkyl carbamates (subject to hydrolysis) is 1. The number of benzene rings is 4. The van der Waals surface area contributed by atoms with Gasteiger partial charge in [0, 0.05) is 32.3 Å². The molecule has 0 unspecified atom stereocenters. The second-order valence-corrected chi connectivity index (χ2v) is 10.5. The van der Waals surface area contributed by atoms with Gasteiger partial charge in [0.2, 0.25) is 6.17 Å². The molecule has 0 saturated carbocycles. The third-order valence-corrected chi connectivity index (χ3v) is 7.46. The van der Waals surface area contributed by atoms with Crippen molar-refractivity contribution in [2.45, 2.75) is 12.3 Å². The number of halogens is 4. The van der Waals surface area contributed by atoms with Crippen LogP contribution in [0.25, 0.3) is 0 Å². The van der Waals surface area contributed by atoms with Crippen LogP contribution in [0.4, 0.5) is 10.5 Å². The number of carbonyl (C=O) groups is 2. The largest absolute Gasteiger partial charge is 0.497 e. The van der Waals surface area contributed by atoms with Crippen molar-refractivity contribution in [2.75, 3.05) is 12.4 Å². The molecule has 4 aromatic rings. The van der Waals surface area contributed by atoms with Crippen LogP contribution in [0.1, 0.15) is 28.4 Å². The minimum absolute atomic E-state index is 0.171. The van der Waals surface area contributed by atoms with E-state index in [9.17, 15) is 9.59 Å². The molecule has 0 spiro atoms. The molecule has 0 aliphatic carbocycles. The minimum atomic E-state index is -1.33. The number of amides is 2. The second-order valence-electron chi connectivity index (χ2n) is 8.88. The van der Waals surface area contributed by atoms with E-state index in [1.54, 1.807) is 24.3 Å². The van der Waals surface area contributed by atoms with Crippen LogP contribution in [0, 0.1) is 0 Å². The minimum Gasteiger partial charge on any atom is -0.497 e. The number of hydrogen-bond donors (Lipinski definition) is 2. The molecule has 0 bridgehead atoms. The molecule has 0 saturated heterocycles. The summed E-state index contributed by atoms with van der Waals surface area (Å²) in [5.74, 6) is -0.145. The molecule has 11 heteroatoms. The summed E-state index contributed by atoms with van der Waals surface area (Å²) in [6, 6.07) is 24.3. The summed E-state index contributed by atoms with van der Waals surface area (Å²) in [6.45, 7) is 0. The topological polar surface area (TPSA) is 89.0 Å². The van der Waals surface area contributed by atoms with Crippen LogP contribution in [-0.4, -0.2) is 31.0 Å². The van der Waals surface area contributed by atoms with Gasteiger partial charge >= 0.3 is 6.09 Å². The van der Waals surface area contributed by atoms with E-state index >= 15 is 0 Å². The Morgan fingerprint density at radius 3 is 2.27 bits per heavy atom. The van der Waals surface area contributed by atoms with Gasteiger partial charge in [0.15, 0.2) is 6.10 Å². The van der Waals surface area contributed by atoms with Crippen molar-refractivity contribution >= 4 is 69.8 Å². The number of para-hydroxylation sites is 1. The van der Waals surface area contributed by atoms with Gasteiger partial charge in [-0.3, -0.25) is 10.1 Å². The lowest BCUT2D eigenvalue weighted by Crippen LogP contribution is -2.43. The molecule has 208 valence electrons. The SMILES string of the molecule is COc1cc(Cl)c([C@@H](OC(=O)N[C@H]2N=C(c3ccccc3)c3ccccc3NC2=O)c2ccc(Cl)cc2Cl)c(Cl)c1. The lowest BCUT2D eigenvalue weighted by molar-refractivity contribution is -0.117. The van der Waals surface area contributed by atoms with Crippen LogP contribution in [0.2, 0.25) is 20.1 Å². The lowest BCUT2D eigenvalue weighted by Gasteiger charge is -2.23. The summed E-state index contributed by atoms with van der Waals surface area (Å²) >= 11 is 25.7. The Morgan fingerprint density at radius 2 is 1.59 bits per heavy atom. The molecule has 41 heavy (non-hydrogen) atoms. The van der Waals surface area contributed by atoms with Crippen molar-refractivity contribution < 1.29 is 19.1 Å². The van der Waals surface area contributed by atoms with Gasteiger partial charge in [-0.2, -0.15) is 0 Å². The predicted molar refractivity (Wildman–Crippen MR) is 162 cm³/mol. The fourth-order valence-corrected chi connectivity index (χ4v) is 5.53. The number of nitrogens with one attached hydrogen (secondary N) is 2. The van der Waals surface area contributed by atoms with Gasteiger partial charge in [-0.15, -0.1) is 0 Å². The van der Waals surface area contributed by atoms with Crippen molar-refractivity contribution in [3.05, 3.63) is 127 Å². The van der Waals surface area contributed by atoms with E-state index in [0.29, 0.717) is 33.3 Å². The Labute approximate surface area is 256 Å². The zero-order valence-corrected chi connectivity index (χ0v) is 24.4. The molecule has 4 aromatic carbocycles. The van der Waals surface area contributed by atoms with E-state index in [1.807, 2.05) is 42.5 Å². The maximum Gasteiger partial charge on any atom is 0.410 e. The van der Waals surface area contributed by atoms with E-state index in [4.69, 9.17) is 55.9 Å². The average molecular weight is 629 g/mol. The fourth-order valence-electron chi connectivity index (χ4n) is 4.35. The highest BCUT2D eigenvalue weighted by atomic mass is 35.5. The van der Waals surface area contributed by atoms with Crippen LogP contribution in [0.15, 0.2) is 89.9 Å². The number of hydrogen-bond acceptors (Lipinski definition) is 5. The molecular weight excluding hydrogens is 608 g/mol. The van der Waals surface area contributed by atoms with Crippen LogP contribution in [-0.2, 0) is 9.53 Å². The maximum absolute atomic E-state index is 13.4. The van der Waals surface area contributed by atoms with Crippen LogP contribution in [0.3, 0.4) is 0 Å². The monoisotopic (exact) mass is 627 g/mol. The van der Waals surface area contributed by atoms with Crippen LogP contribution in [0.5, 0.6) is 5.75 Å². The van der Waals surface area contributed by atoms with Gasteiger partial charge in [0.25, 0.3) is 5.91 Å². The molecule has 5 rings (SSSR count). The second kappa shape index (κ2) is 12.4. The van der Waals surface area contributed by atoms with Crippen molar-refractivity contribution in [3.8, 4) is 5.75 Å². The Kier molecular flexibility index (Phi) is 8.71. The Hall–Kier alpha value is -3.75. The van der Waals surface area contributed by atoms with Crippen LogP contribution >= 0.6 is 46.4 Å². The quantitative estimate of drug-likeness (QED) is 0.227. The van der Waals surface area contributed by atoms with Crippen molar-refractivity contribution in [1.82, 2.24) is 5.32 Å². The van der Waals surface area contributed by atoms with Gasteiger partial charge < -0.3 is 14.8 Å². The molecule has 2 N–H and O–H groups in total. The first-order valence-electron chi connectivity index (χ1n) is 12.2. The van der Waals surface area contributed by atoms with E-state index < -0.39 is 24.3 Å². The number of benzodiazepines with no additional fused rings is 1. The molecule has 7 nitrogen and oxygen atoms in total. The normalized spacial score (nSPS) is 15.1. The predicted octanol–water partition coefficient (Wildman–Crippen LogP) is 7.94. The summed E-state index contributed by atoms with van der Waals surface area (Å²) in [5.41, 5.74) is 3.17. The summed E-state index contributed by atoms with van der Waals surface area (Å²) in [6.07, 6.45) is -3.46. The van der Waals surface area contributed by atoms with Crippen molar-refractivity contribution in [1.29, 1.82) is 0 Å². The Morgan fingerprint density at radius 1 is 0.902 bits per heavy atom. The van der Waals surface area contributed by atoms with Gasteiger partial charge in [-0.25, -0.2) is 9.79 Å². The van der Waals surface area contributed by atoms with Crippen LogP contribution < -0.4 is 15.4 Å². The summed E-state index contributed by atoms with van der Waals surface area (Å²) in [5, 5.41) is 6.33. The highest BCUT2D eigenvalue weighted by Gasteiger charge is 2.31. The van der Waals surface area contributed by atoms with Gasteiger partial charge in [-0.1, -0.05) is 101 Å². The van der Waals surface area contributed by atoms with E-state index in [2.05, 4.69) is 15.6 Å². The summed E-state index contributed by atoms with van der Waals surface area (Å²) < 4.78 is 11.1. The molecule has 2 amide bonds. The summed E-state index contributed by atoms with van der Waals surface area (Å²) in [7, 11) is 1.47. The summed E-state index contributed by atoms with van der Waals surface area (Å²) in [4.78, 5) is 31.2. The Balaban J connectivity index is 1.51. The molecule has 0 aromatic heterocycles. The number of anilines is 1. The van der Waals surface area contributed by atoms with E-state index in [-0.39, 0.29) is 20.6 Å². The number of methoxy groups -OCH3 is 1. The third kappa shape index (κ3) is 6.29. The van der Waals surface area contributed by atoms with Gasteiger partial charge in [0.05, 0.1) is 28.6 Å². The van der Waals surface area contributed by atoms with E-state index in [1.165, 1.54) is 25.3 Å². The molecule has 0 fully saturated rings. The third-order valence-electron chi connectivity index (χ3n) is 6.27. The number of nitrogens with zero attached hydrogens (tertiary/aromatic N) is 1. The number of rotatable bonds is 6. The Bertz CT molecular complexity index is 1640.